The van der Waals surface area contributed by atoms with E-state index in [1.54, 1.807) is 6.92 Å². The smallest absolute Gasteiger partial charge is 0.249 e. The van der Waals surface area contributed by atoms with Crippen LogP contribution in [0.5, 0.6) is 0 Å². The minimum Gasteiger partial charge on any atom is -0.395 e. The van der Waals surface area contributed by atoms with Crippen LogP contribution in [0.1, 0.15) is 24.5 Å². The van der Waals surface area contributed by atoms with Gasteiger partial charge in [0, 0.05) is 25.6 Å². The van der Waals surface area contributed by atoms with Gasteiger partial charge < -0.3 is 15.2 Å². The molecular weight excluding hydrogens is 242 g/mol. The normalized spacial score (nSPS) is 11.3. The molecule has 0 heterocycles. The summed E-state index contributed by atoms with van der Waals surface area (Å²) >= 11 is 0. The summed E-state index contributed by atoms with van der Waals surface area (Å²) < 4.78 is 4.94. The second-order valence-corrected chi connectivity index (χ2v) is 4.03. The molecule has 2 N–H and O–H groups in total. The van der Waals surface area contributed by atoms with E-state index in [9.17, 15) is 4.79 Å². The van der Waals surface area contributed by atoms with E-state index in [0.29, 0.717) is 13.0 Å². The van der Waals surface area contributed by atoms with Gasteiger partial charge in [-0.2, -0.15) is 0 Å². The van der Waals surface area contributed by atoms with Gasteiger partial charge in [0.1, 0.15) is 6.10 Å². The average Bonchev–Trinajstić information content (AvgIpc) is 2.45. The first kappa shape index (κ1) is 15.2. The fourth-order valence-corrected chi connectivity index (χ4v) is 1.44. The summed E-state index contributed by atoms with van der Waals surface area (Å²) in [4.78, 5) is 11.6. The summed E-state index contributed by atoms with van der Waals surface area (Å²) in [5.41, 5.74) is 1.81. The van der Waals surface area contributed by atoms with Gasteiger partial charge in [-0.3, -0.25) is 4.79 Å². The molecule has 1 aromatic carbocycles. The molecule has 0 aliphatic heterocycles. The predicted octanol–water partition coefficient (Wildman–Crippen LogP) is 1.07. The fraction of sp³-hybridized carbons (Fsp3) is 0.400. The van der Waals surface area contributed by atoms with Crippen LogP contribution in [0.25, 0.3) is 0 Å². The Kier molecular flexibility index (Phi) is 6.65. The summed E-state index contributed by atoms with van der Waals surface area (Å²) in [6, 6.07) is 7.61. The van der Waals surface area contributed by atoms with Crippen molar-refractivity contribution in [3.05, 3.63) is 35.4 Å². The number of hydrogen-bond acceptors (Lipinski definition) is 3. The first-order chi connectivity index (χ1) is 9.19. The van der Waals surface area contributed by atoms with E-state index in [1.165, 1.54) is 7.11 Å². The number of amides is 1. The molecule has 0 fully saturated rings. The van der Waals surface area contributed by atoms with Crippen LogP contribution in [-0.2, 0) is 16.1 Å². The lowest BCUT2D eigenvalue weighted by Crippen LogP contribution is -2.33. The second kappa shape index (κ2) is 8.30. The highest BCUT2D eigenvalue weighted by molar-refractivity contribution is 5.80. The van der Waals surface area contributed by atoms with E-state index in [-0.39, 0.29) is 12.5 Å². The van der Waals surface area contributed by atoms with E-state index in [1.807, 2.05) is 24.3 Å². The maximum absolute atomic E-state index is 11.6. The fourth-order valence-electron chi connectivity index (χ4n) is 1.44. The molecule has 0 aliphatic rings. The number of rotatable bonds is 5. The van der Waals surface area contributed by atoms with Crippen LogP contribution in [0, 0.1) is 11.8 Å². The summed E-state index contributed by atoms with van der Waals surface area (Å²) in [6.07, 6.45) is -0.0193. The Labute approximate surface area is 113 Å². The number of hydrogen-bond donors (Lipinski definition) is 2. The van der Waals surface area contributed by atoms with Crippen LogP contribution >= 0.6 is 0 Å². The zero-order valence-corrected chi connectivity index (χ0v) is 11.3. The number of ether oxygens (including phenoxy) is 1. The largest absolute Gasteiger partial charge is 0.395 e. The number of methoxy groups -OCH3 is 1. The van der Waals surface area contributed by atoms with Crippen LogP contribution in [0.4, 0.5) is 0 Å². The molecule has 1 unspecified atom stereocenters. The third-order valence-electron chi connectivity index (χ3n) is 2.65. The molecule has 0 radical (unpaired) electrons. The van der Waals surface area contributed by atoms with Crippen LogP contribution in [-0.4, -0.2) is 30.8 Å². The lowest BCUT2D eigenvalue weighted by atomic mass is 10.1. The molecule has 0 aliphatic carbocycles. The minimum atomic E-state index is -0.465. The Balaban J connectivity index is 2.68. The molecule has 1 amide bonds. The highest BCUT2D eigenvalue weighted by Gasteiger charge is 2.11. The zero-order valence-electron chi connectivity index (χ0n) is 11.3. The van der Waals surface area contributed by atoms with E-state index in [4.69, 9.17) is 9.84 Å². The zero-order chi connectivity index (χ0) is 14.1. The van der Waals surface area contributed by atoms with Crippen molar-refractivity contribution in [1.29, 1.82) is 0 Å². The van der Waals surface area contributed by atoms with Gasteiger partial charge in [-0.1, -0.05) is 30.0 Å². The molecule has 0 spiro atoms. The van der Waals surface area contributed by atoms with Crippen molar-refractivity contribution in [1.82, 2.24) is 5.32 Å². The van der Waals surface area contributed by atoms with Gasteiger partial charge in [0.05, 0.1) is 6.61 Å². The average molecular weight is 261 g/mol. The van der Waals surface area contributed by atoms with Crippen LogP contribution < -0.4 is 5.32 Å². The Morgan fingerprint density at radius 2 is 2.21 bits per heavy atom. The molecule has 4 heteroatoms. The maximum Gasteiger partial charge on any atom is 0.249 e. The van der Waals surface area contributed by atoms with E-state index in [2.05, 4.69) is 17.2 Å². The van der Waals surface area contributed by atoms with Crippen molar-refractivity contribution in [2.75, 3.05) is 13.7 Å². The number of aliphatic hydroxyl groups is 1. The number of aliphatic hydroxyl groups excluding tert-OH is 1. The molecule has 102 valence electrons. The van der Waals surface area contributed by atoms with Gasteiger partial charge in [0.15, 0.2) is 0 Å². The third kappa shape index (κ3) is 5.12. The molecule has 0 saturated heterocycles. The molecule has 1 atom stereocenters. The van der Waals surface area contributed by atoms with Crippen molar-refractivity contribution in [3.8, 4) is 11.8 Å². The number of carbonyl (C=O) groups excluding carboxylic acids is 1. The number of nitrogens with one attached hydrogen (secondary N) is 1. The van der Waals surface area contributed by atoms with Crippen molar-refractivity contribution >= 4 is 5.91 Å². The molecule has 0 saturated carbocycles. The van der Waals surface area contributed by atoms with Crippen LogP contribution in [0.2, 0.25) is 0 Å². The summed E-state index contributed by atoms with van der Waals surface area (Å²) in [5.74, 6) is 5.71. The second-order valence-electron chi connectivity index (χ2n) is 4.03. The van der Waals surface area contributed by atoms with Gasteiger partial charge in [-0.15, -0.1) is 0 Å². The Bertz CT molecular complexity index is 474. The highest BCUT2D eigenvalue weighted by Crippen LogP contribution is 2.07. The molecule has 1 rings (SSSR count). The molecule has 4 nitrogen and oxygen atoms in total. The minimum absolute atomic E-state index is 0.0528. The van der Waals surface area contributed by atoms with Crippen LogP contribution in [0.15, 0.2) is 24.3 Å². The number of carbonyl (C=O) groups is 1. The SMILES string of the molecule is COC(C)C(=O)NCc1ccccc1C#CCCO. The standard InChI is InChI=1S/C15H19NO3/c1-12(19-2)15(18)16-11-14-9-4-3-7-13(14)8-5-6-10-17/h3-4,7,9,12,17H,6,10-11H2,1-2H3,(H,16,18). The first-order valence-electron chi connectivity index (χ1n) is 6.17. The van der Waals surface area contributed by atoms with Gasteiger partial charge in [0.25, 0.3) is 0 Å². The predicted molar refractivity (Wildman–Crippen MR) is 73.3 cm³/mol. The van der Waals surface area contributed by atoms with Gasteiger partial charge in [-0.25, -0.2) is 0 Å². The quantitative estimate of drug-likeness (QED) is 0.780. The van der Waals surface area contributed by atoms with Crippen molar-refractivity contribution in [3.63, 3.8) is 0 Å². The Morgan fingerprint density at radius 3 is 2.89 bits per heavy atom. The van der Waals surface area contributed by atoms with Crippen molar-refractivity contribution in [2.24, 2.45) is 0 Å². The monoisotopic (exact) mass is 261 g/mol. The lowest BCUT2D eigenvalue weighted by Gasteiger charge is -2.11. The number of benzene rings is 1. The first-order valence-corrected chi connectivity index (χ1v) is 6.17. The Hall–Kier alpha value is -1.83. The topological polar surface area (TPSA) is 58.6 Å². The molecule has 1 aromatic rings. The van der Waals surface area contributed by atoms with Gasteiger partial charge >= 0.3 is 0 Å². The third-order valence-corrected chi connectivity index (χ3v) is 2.65. The molecular formula is C15H19NO3. The molecule has 0 aromatic heterocycles. The van der Waals surface area contributed by atoms with Crippen molar-refractivity contribution < 1.29 is 14.6 Å². The molecule has 0 bridgehead atoms. The lowest BCUT2D eigenvalue weighted by molar-refractivity contribution is -0.130. The van der Waals surface area contributed by atoms with Gasteiger partial charge in [0.2, 0.25) is 5.91 Å². The Morgan fingerprint density at radius 1 is 1.47 bits per heavy atom. The van der Waals surface area contributed by atoms with Crippen molar-refractivity contribution in [2.45, 2.75) is 26.0 Å². The van der Waals surface area contributed by atoms with E-state index in [0.717, 1.165) is 11.1 Å². The summed E-state index contributed by atoms with van der Waals surface area (Å²) in [6.45, 7) is 2.16. The summed E-state index contributed by atoms with van der Waals surface area (Å²) in [7, 11) is 1.50. The van der Waals surface area contributed by atoms with Gasteiger partial charge in [-0.05, 0) is 18.6 Å². The maximum atomic E-state index is 11.6. The van der Waals surface area contributed by atoms with E-state index >= 15 is 0 Å². The van der Waals surface area contributed by atoms with E-state index < -0.39 is 6.10 Å². The highest BCUT2D eigenvalue weighted by atomic mass is 16.5. The summed E-state index contributed by atoms with van der Waals surface area (Å²) in [5, 5.41) is 11.5. The molecule has 19 heavy (non-hydrogen) atoms. The van der Waals surface area contributed by atoms with Crippen LogP contribution in [0.3, 0.4) is 0 Å².